The van der Waals surface area contributed by atoms with E-state index in [4.69, 9.17) is 9.47 Å². The molecule has 0 saturated heterocycles. The van der Waals surface area contributed by atoms with E-state index in [2.05, 4.69) is 5.32 Å². The van der Waals surface area contributed by atoms with Crippen molar-refractivity contribution in [1.29, 1.82) is 0 Å². The lowest BCUT2D eigenvalue weighted by Gasteiger charge is -2.29. The summed E-state index contributed by atoms with van der Waals surface area (Å²) in [5, 5.41) is 13.7. The largest absolute Gasteiger partial charge is 0.490 e. The van der Waals surface area contributed by atoms with Crippen molar-refractivity contribution in [1.82, 2.24) is 0 Å². The molecule has 3 rings (SSSR count). The Morgan fingerprint density at radius 1 is 1.33 bits per heavy atom. The Morgan fingerprint density at radius 2 is 2.11 bits per heavy atom. The van der Waals surface area contributed by atoms with E-state index in [1.807, 2.05) is 0 Å². The quantitative estimate of drug-likeness (QED) is 0.616. The van der Waals surface area contributed by atoms with E-state index in [1.165, 1.54) is 30.2 Å². The molecule has 0 atom stereocenters. The summed E-state index contributed by atoms with van der Waals surface area (Å²) in [4.78, 5) is 36.3. The third kappa shape index (κ3) is 3.97. The van der Waals surface area contributed by atoms with Gasteiger partial charge >= 0.3 is 5.69 Å². The highest BCUT2D eigenvalue weighted by Crippen LogP contribution is 2.32. The van der Waals surface area contributed by atoms with Crippen LogP contribution in [0.5, 0.6) is 11.5 Å². The second-order valence-corrected chi connectivity index (χ2v) is 5.74. The Bertz CT molecular complexity index is 898. The minimum atomic E-state index is -0.585. The molecule has 1 aliphatic heterocycles. The Labute approximate surface area is 154 Å². The first kappa shape index (κ1) is 18.2. The van der Waals surface area contributed by atoms with E-state index >= 15 is 0 Å². The number of nitro benzene ring substituents is 1. The number of anilines is 2. The van der Waals surface area contributed by atoms with Gasteiger partial charge in [-0.05, 0) is 24.3 Å². The molecule has 0 fully saturated rings. The number of nitrogens with zero attached hydrogens (tertiary/aromatic N) is 2. The summed E-state index contributed by atoms with van der Waals surface area (Å²) >= 11 is 0. The van der Waals surface area contributed by atoms with Crippen LogP contribution in [0.3, 0.4) is 0 Å². The van der Waals surface area contributed by atoms with E-state index in [0.29, 0.717) is 11.4 Å². The summed E-state index contributed by atoms with van der Waals surface area (Å²) in [5.74, 6) is 0.0876. The van der Waals surface area contributed by atoms with Crippen molar-refractivity contribution in [2.45, 2.75) is 6.42 Å². The molecule has 0 radical (unpaired) electrons. The maximum atomic E-state index is 12.2. The molecule has 27 heavy (non-hydrogen) atoms. The topological polar surface area (TPSA) is 111 Å². The van der Waals surface area contributed by atoms with E-state index in [-0.39, 0.29) is 48.5 Å². The van der Waals surface area contributed by atoms with Gasteiger partial charge in [-0.2, -0.15) is 0 Å². The van der Waals surface area contributed by atoms with Crippen LogP contribution in [0.2, 0.25) is 0 Å². The first-order chi connectivity index (χ1) is 13.0. The number of hydrogen-bond acceptors (Lipinski definition) is 6. The average Bonchev–Trinajstić information content (AvgIpc) is 2.67. The lowest BCUT2D eigenvalue weighted by molar-refractivity contribution is -0.385. The van der Waals surface area contributed by atoms with E-state index in [9.17, 15) is 19.7 Å². The molecular formula is C18H17N3O6. The summed E-state index contributed by atoms with van der Waals surface area (Å²) in [6, 6.07) is 11.2. The van der Waals surface area contributed by atoms with Gasteiger partial charge in [0.05, 0.1) is 17.7 Å². The highest BCUT2D eigenvalue weighted by Gasteiger charge is 2.25. The third-order valence-electron chi connectivity index (χ3n) is 4.03. The minimum absolute atomic E-state index is 0.0277. The summed E-state index contributed by atoms with van der Waals surface area (Å²) in [6.45, 7) is 0.0899. The zero-order chi connectivity index (χ0) is 19.4. The Morgan fingerprint density at radius 3 is 2.85 bits per heavy atom. The number of amides is 2. The Kier molecular flexibility index (Phi) is 5.20. The molecular weight excluding hydrogens is 354 g/mol. The molecule has 0 unspecified atom stereocenters. The lowest BCUT2D eigenvalue weighted by atomic mass is 10.2. The second-order valence-electron chi connectivity index (χ2n) is 5.74. The van der Waals surface area contributed by atoms with Gasteiger partial charge in [-0.3, -0.25) is 19.7 Å². The minimum Gasteiger partial charge on any atom is -0.490 e. The number of ether oxygens (including phenoxy) is 2. The van der Waals surface area contributed by atoms with Gasteiger partial charge in [0.2, 0.25) is 5.91 Å². The van der Waals surface area contributed by atoms with Crippen molar-refractivity contribution in [2.75, 3.05) is 30.5 Å². The molecule has 9 nitrogen and oxygen atoms in total. The number of methoxy groups -OCH3 is 1. The zero-order valence-corrected chi connectivity index (χ0v) is 14.5. The van der Waals surface area contributed by atoms with Crippen molar-refractivity contribution >= 4 is 28.9 Å². The molecule has 0 aromatic heterocycles. The molecule has 1 aliphatic rings. The monoisotopic (exact) mass is 371 g/mol. The smallest absolute Gasteiger partial charge is 0.312 e. The van der Waals surface area contributed by atoms with Crippen molar-refractivity contribution in [3.8, 4) is 11.5 Å². The number of fused-ring (bicyclic) bond motifs is 1. The van der Waals surface area contributed by atoms with Crippen LogP contribution in [0.4, 0.5) is 17.1 Å². The van der Waals surface area contributed by atoms with Crippen LogP contribution in [0.1, 0.15) is 6.42 Å². The van der Waals surface area contributed by atoms with Crippen LogP contribution in [0.15, 0.2) is 42.5 Å². The maximum Gasteiger partial charge on any atom is 0.312 e. The zero-order valence-electron chi connectivity index (χ0n) is 14.5. The predicted octanol–water partition coefficient (Wildman–Crippen LogP) is 2.36. The molecule has 0 saturated carbocycles. The highest BCUT2D eigenvalue weighted by molar-refractivity contribution is 5.99. The number of carbonyl (C=O) groups excluding carboxylic acids is 2. The number of carbonyl (C=O) groups is 2. The molecule has 0 aliphatic carbocycles. The van der Waals surface area contributed by atoms with Gasteiger partial charge in [0.15, 0.2) is 12.4 Å². The van der Waals surface area contributed by atoms with E-state index in [0.717, 1.165) is 0 Å². The van der Waals surface area contributed by atoms with Crippen molar-refractivity contribution in [3.05, 3.63) is 52.6 Å². The lowest BCUT2D eigenvalue weighted by Crippen LogP contribution is -2.40. The molecule has 9 heteroatoms. The van der Waals surface area contributed by atoms with Crippen LogP contribution < -0.4 is 19.7 Å². The first-order valence-corrected chi connectivity index (χ1v) is 8.14. The van der Waals surface area contributed by atoms with Gasteiger partial charge in [0.1, 0.15) is 5.75 Å². The summed E-state index contributed by atoms with van der Waals surface area (Å²) in [7, 11) is 1.33. The van der Waals surface area contributed by atoms with Crippen LogP contribution in [0, 0.1) is 10.1 Å². The fourth-order valence-corrected chi connectivity index (χ4v) is 2.75. The highest BCUT2D eigenvalue weighted by atomic mass is 16.6. The van der Waals surface area contributed by atoms with Crippen LogP contribution in [-0.2, 0) is 9.59 Å². The van der Waals surface area contributed by atoms with E-state index in [1.54, 1.807) is 24.3 Å². The van der Waals surface area contributed by atoms with E-state index < -0.39 is 4.92 Å². The molecule has 2 amide bonds. The third-order valence-corrected chi connectivity index (χ3v) is 4.03. The SMILES string of the molecule is COc1ccc(NC(=O)CCN2C(=O)COc3ccccc32)cc1[N+](=O)[O-]. The summed E-state index contributed by atoms with van der Waals surface area (Å²) < 4.78 is 10.3. The van der Waals surface area contributed by atoms with Gasteiger partial charge in [-0.25, -0.2) is 0 Å². The number of benzene rings is 2. The molecule has 140 valence electrons. The molecule has 0 bridgehead atoms. The number of nitro groups is 1. The number of nitrogens with one attached hydrogen (secondary N) is 1. The second kappa shape index (κ2) is 7.73. The Hall–Kier alpha value is -3.62. The molecule has 0 spiro atoms. The average molecular weight is 371 g/mol. The van der Waals surface area contributed by atoms with Crippen molar-refractivity contribution < 1.29 is 24.0 Å². The molecule has 2 aromatic rings. The molecule has 1 heterocycles. The fraction of sp³-hybridized carbons (Fsp3) is 0.222. The molecule has 1 N–H and O–H groups in total. The molecule has 2 aromatic carbocycles. The first-order valence-electron chi connectivity index (χ1n) is 8.14. The summed E-state index contributed by atoms with van der Waals surface area (Å²) in [5.41, 5.74) is 0.649. The summed E-state index contributed by atoms with van der Waals surface area (Å²) in [6.07, 6.45) is 0.0277. The normalized spacial score (nSPS) is 12.8. The standard InChI is InChI=1S/C18H17N3O6/c1-26-15-7-6-12(10-14(15)21(24)25)19-17(22)8-9-20-13-4-2-3-5-16(13)27-11-18(20)23/h2-7,10H,8-9,11H2,1H3,(H,19,22). The number of hydrogen-bond donors (Lipinski definition) is 1. The predicted molar refractivity (Wildman–Crippen MR) is 97.2 cm³/mol. The van der Waals surface area contributed by atoms with Gasteiger partial charge in [-0.15, -0.1) is 0 Å². The van der Waals surface area contributed by atoms with Crippen molar-refractivity contribution in [2.24, 2.45) is 0 Å². The van der Waals surface area contributed by atoms with Gasteiger partial charge in [-0.1, -0.05) is 12.1 Å². The number of para-hydroxylation sites is 2. The number of rotatable bonds is 6. The van der Waals surface area contributed by atoms with Crippen LogP contribution >= 0.6 is 0 Å². The van der Waals surface area contributed by atoms with Gasteiger partial charge < -0.3 is 19.7 Å². The van der Waals surface area contributed by atoms with Crippen LogP contribution in [-0.4, -0.2) is 37.0 Å². The van der Waals surface area contributed by atoms with Gasteiger partial charge in [0.25, 0.3) is 5.91 Å². The Balaban J connectivity index is 1.66. The van der Waals surface area contributed by atoms with Crippen LogP contribution in [0.25, 0.3) is 0 Å². The fourth-order valence-electron chi connectivity index (χ4n) is 2.75. The maximum absolute atomic E-state index is 12.2. The van der Waals surface area contributed by atoms with Crippen molar-refractivity contribution in [3.63, 3.8) is 0 Å². The van der Waals surface area contributed by atoms with Gasteiger partial charge in [0, 0.05) is 24.7 Å².